The molecule has 6 aromatic carbocycles. The van der Waals surface area contributed by atoms with Gasteiger partial charge < -0.3 is 26.3 Å². The van der Waals surface area contributed by atoms with E-state index in [1.807, 2.05) is 72.8 Å². The maximum Gasteiger partial charge on any atom is 0.255 e. The molecule has 5 N–H and O–H groups in total. The summed E-state index contributed by atoms with van der Waals surface area (Å²) in [6.07, 6.45) is 0.510. The molecule has 0 aliphatic heterocycles. The highest BCUT2D eigenvalue weighted by Gasteiger charge is 2.15. The molecule has 0 saturated carbocycles. The summed E-state index contributed by atoms with van der Waals surface area (Å²) >= 11 is 6.73. The molecule has 1 heterocycles. The lowest BCUT2D eigenvalue weighted by Crippen LogP contribution is -2.15. The summed E-state index contributed by atoms with van der Waals surface area (Å²) in [5.74, 6) is -0.391. The van der Waals surface area contributed by atoms with Crippen molar-refractivity contribution in [1.82, 2.24) is 9.97 Å². The molecule has 1 aromatic heterocycles. The van der Waals surface area contributed by atoms with E-state index in [0.717, 1.165) is 16.7 Å². The van der Waals surface area contributed by atoms with Gasteiger partial charge in [0.2, 0.25) is 11.8 Å². The maximum atomic E-state index is 13.1. The van der Waals surface area contributed by atoms with Gasteiger partial charge in [-0.3, -0.25) is 19.2 Å². The number of carbonyl (C=O) groups excluding carboxylic acids is 4. The van der Waals surface area contributed by atoms with Gasteiger partial charge in [0.25, 0.3) is 11.8 Å². The summed E-state index contributed by atoms with van der Waals surface area (Å²) in [4.78, 5) is 58.7. The summed E-state index contributed by atoms with van der Waals surface area (Å²) in [6.45, 7) is 0. The molecule has 0 atom stereocenters. The first-order valence-corrected chi connectivity index (χ1v) is 17.4. The Labute approximate surface area is 315 Å². The van der Waals surface area contributed by atoms with Gasteiger partial charge in [0.1, 0.15) is 5.82 Å². The Balaban J connectivity index is 0.941. The van der Waals surface area contributed by atoms with Crippen molar-refractivity contribution in [2.75, 3.05) is 21.3 Å². The number of rotatable bonds is 11. The molecule has 7 rings (SSSR count). The van der Waals surface area contributed by atoms with E-state index in [1.54, 1.807) is 72.8 Å². The van der Waals surface area contributed by atoms with Crippen molar-refractivity contribution in [2.24, 2.45) is 0 Å². The van der Waals surface area contributed by atoms with E-state index in [2.05, 4.69) is 31.2 Å². The van der Waals surface area contributed by atoms with Gasteiger partial charge in [0.15, 0.2) is 0 Å². The second kappa shape index (κ2) is 16.1. The van der Waals surface area contributed by atoms with Gasteiger partial charge in [-0.25, -0.2) is 4.98 Å². The topological polar surface area (TPSA) is 145 Å². The lowest BCUT2D eigenvalue weighted by molar-refractivity contribution is -0.116. The number of benzene rings is 6. The molecule has 0 aliphatic carbocycles. The standard InChI is InChI=1S/C43H33ClN6O4/c44-39-35(49-43(54)31-15-21-33(22-16-31)46-38(52)26-28-9-5-2-6-10-28)23-24-36-40(39)50-41(48-36)29-11-17-34(18-12-29)47-42(53)30-13-19-32(20-14-30)45-37(51)25-27-7-3-1-4-8-27/h1-24H,25-26H2,(H,45,51)(H,46,52)(H,47,53)(H,48,50)(H,49,54). The van der Waals surface area contributed by atoms with Gasteiger partial charge in [-0.1, -0.05) is 72.3 Å². The van der Waals surface area contributed by atoms with Crippen molar-refractivity contribution in [3.63, 3.8) is 0 Å². The Hall–Kier alpha value is -7.04. The highest BCUT2D eigenvalue weighted by atomic mass is 35.5. The number of nitrogens with zero attached hydrogens (tertiary/aromatic N) is 1. The average molecular weight is 733 g/mol. The van der Waals surface area contributed by atoms with Crippen molar-refractivity contribution in [3.05, 3.63) is 173 Å². The van der Waals surface area contributed by atoms with Crippen molar-refractivity contribution >= 4 is 69.0 Å². The maximum absolute atomic E-state index is 13.1. The Morgan fingerprint density at radius 3 is 1.50 bits per heavy atom. The fourth-order valence-electron chi connectivity index (χ4n) is 5.77. The molecule has 4 amide bonds. The molecule has 54 heavy (non-hydrogen) atoms. The van der Waals surface area contributed by atoms with Crippen LogP contribution in [0.3, 0.4) is 0 Å². The fourth-order valence-corrected chi connectivity index (χ4v) is 6.02. The Bertz CT molecular complexity index is 2450. The molecule has 10 nitrogen and oxygen atoms in total. The quantitative estimate of drug-likeness (QED) is 0.0903. The molecule has 0 bridgehead atoms. The van der Waals surface area contributed by atoms with Crippen LogP contribution in [0.4, 0.5) is 22.7 Å². The number of anilines is 4. The predicted molar refractivity (Wildman–Crippen MR) is 213 cm³/mol. The summed E-state index contributed by atoms with van der Waals surface area (Å²) in [7, 11) is 0. The Morgan fingerprint density at radius 2 is 0.981 bits per heavy atom. The van der Waals surface area contributed by atoms with Crippen LogP contribution in [0.25, 0.3) is 22.4 Å². The fraction of sp³-hybridized carbons (Fsp3) is 0.0465. The summed E-state index contributed by atoms with van der Waals surface area (Å²) in [6, 6.07) is 42.9. The second-order valence-corrected chi connectivity index (χ2v) is 12.8. The van der Waals surface area contributed by atoms with Gasteiger partial charge in [-0.2, -0.15) is 0 Å². The highest BCUT2D eigenvalue weighted by Crippen LogP contribution is 2.32. The number of aromatic nitrogens is 2. The number of imidazole rings is 1. The minimum Gasteiger partial charge on any atom is -0.337 e. The van der Waals surface area contributed by atoms with Crippen LogP contribution < -0.4 is 21.3 Å². The molecule has 0 fully saturated rings. The number of halogens is 1. The first-order valence-electron chi connectivity index (χ1n) is 17.1. The van der Waals surface area contributed by atoms with Gasteiger partial charge in [-0.05, 0) is 96.1 Å². The Morgan fingerprint density at radius 1 is 0.519 bits per heavy atom. The number of fused-ring (bicyclic) bond motifs is 1. The van der Waals surface area contributed by atoms with Crippen LogP contribution in [0.2, 0.25) is 5.02 Å². The van der Waals surface area contributed by atoms with Crippen molar-refractivity contribution < 1.29 is 19.2 Å². The number of nitrogens with one attached hydrogen (secondary N) is 5. The summed E-state index contributed by atoms with van der Waals surface area (Å²) in [5, 5.41) is 11.7. The highest BCUT2D eigenvalue weighted by molar-refractivity contribution is 6.38. The third-order valence-electron chi connectivity index (χ3n) is 8.54. The molecule has 11 heteroatoms. The predicted octanol–water partition coefficient (Wildman–Crippen LogP) is 8.75. The minimum atomic E-state index is -0.364. The molecular formula is C43H33ClN6O4. The lowest BCUT2D eigenvalue weighted by atomic mass is 10.1. The van der Waals surface area contributed by atoms with E-state index in [1.165, 1.54) is 0 Å². The largest absolute Gasteiger partial charge is 0.337 e. The number of carbonyl (C=O) groups is 4. The molecule has 0 radical (unpaired) electrons. The van der Waals surface area contributed by atoms with Gasteiger partial charge in [0.05, 0.1) is 34.6 Å². The average Bonchev–Trinajstić information content (AvgIpc) is 3.63. The van der Waals surface area contributed by atoms with Crippen LogP contribution in [-0.4, -0.2) is 33.6 Å². The van der Waals surface area contributed by atoms with Crippen LogP contribution in [0.5, 0.6) is 0 Å². The lowest BCUT2D eigenvalue weighted by Gasteiger charge is -2.09. The first kappa shape index (κ1) is 35.4. The van der Waals surface area contributed by atoms with E-state index < -0.39 is 0 Å². The first-order chi connectivity index (χ1) is 26.3. The molecule has 266 valence electrons. The molecule has 0 spiro atoms. The molecule has 7 aromatic rings. The normalized spacial score (nSPS) is 10.8. The van der Waals surface area contributed by atoms with Crippen molar-refractivity contribution in [1.29, 1.82) is 0 Å². The molecule has 0 saturated heterocycles. The van der Waals surface area contributed by atoms with E-state index in [9.17, 15) is 19.2 Å². The van der Waals surface area contributed by atoms with Crippen LogP contribution in [0.1, 0.15) is 31.8 Å². The van der Waals surface area contributed by atoms with Gasteiger partial charge in [-0.15, -0.1) is 0 Å². The van der Waals surface area contributed by atoms with E-state index in [4.69, 9.17) is 11.6 Å². The van der Waals surface area contributed by atoms with Crippen molar-refractivity contribution in [2.45, 2.75) is 12.8 Å². The Kier molecular flexibility index (Phi) is 10.5. The third kappa shape index (κ3) is 8.70. The van der Waals surface area contributed by atoms with Crippen LogP contribution in [0.15, 0.2) is 146 Å². The number of aromatic amines is 1. The number of amides is 4. The van der Waals surface area contributed by atoms with Crippen LogP contribution in [-0.2, 0) is 22.4 Å². The molecule has 0 aliphatic rings. The SMILES string of the molecule is O=C(Cc1ccccc1)Nc1ccc(C(=O)Nc2ccc(-c3nc4ccc(NC(=O)c5ccc(NC(=O)Cc6ccccc6)cc5)c(Cl)c4[nH]3)cc2)cc1. The number of hydrogen-bond acceptors (Lipinski definition) is 5. The minimum absolute atomic E-state index is 0.140. The van der Waals surface area contributed by atoms with Crippen molar-refractivity contribution in [3.8, 4) is 11.4 Å². The monoisotopic (exact) mass is 732 g/mol. The van der Waals surface area contributed by atoms with E-state index in [-0.39, 0.29) is 36.5 Å². The number of hydrogen-bond donors (Lipinski definition) is 5. The molecule has 0 unspecified atom stereocenters. The van der Waals surface area contributed by atoms with Crippen LogP contribution in [0, 0.1) is 0 Å². The van der Waals surface area contributed by atoms with Gasteiger partial charge in [0, 0.05) is 33.8 Å². The summed E-state index contributed by atoms with van der Waals surface area (Å²) < 4.78 is 0. The van der Waals surface area contributed by atoms with Crippen LogP contribution >= 0.6 is 11.6 Å². The molecular weight excluding hydrogens is 700 g/mol. The number of H-pyrrole nitrogens is 1. The van der Waals surface area contributed by atoms with E-state index in [0.29, 0.717) is 55.8 Å². The smallest absolute Gasteiger partial charge is 0.255 e. The summed E-state index contributed by atoms with van der Waals surface area (Å²) in [5.41, 5.74) is 6.77. The second-order valence-electron chi connectivity index (χ2n) is 12.5. The van der Waals surface area contributed by atoms with E-state index >= 15 is 0 Å². The third-order valence-corrected chi connectivity index (χ3v) is 8.93. The zero-order valence-corrected chi connectivity index (χ0v) is 29.5. The van der Waals surface area contributed by atoms with Gasteiger partial charge >= 0.3 is 0 Å². The zero-order valence-electron chi connectivity index (χ0n) is 28.7. The zero-order chi connectivity index (χ0) is 37.4.